The van der Waals surface area contributed by atoms with Gasteiger partial charge in [0.05, 0.1) is 11.6 Å². The quantitative estimate of drug-likeness (QED) is 0.384. The van der Waals surface area contributed by atoms with E-state index in [0.29, 0.717) is 41.3 Å². The first kappa shape index (κ1) is 21.6. The highest BCUT2D eigenvalue weighted by molar-refractivity contribution is 6.32. The minimum Gasteiger partial charge on any atom is -0.490 e. The predicted molar refractivity (Wildman–Crippen MR) is 122 cm³/mol. The number of anilines is 1. The second kappa shape index (κ2) is 10.1. The van der Waals surface area contributed by atoms with Crippen LogP contribution < -0.4 is 14.8 Å². The summed E-state index contributed by atoms with van der Waals surface area (Å²) in [5.41, 5.74) is 3.84. The van der Waals surface area contributed by atoms with E-state index in [1.54, 1.807) is 0 Å². The summed E-state index contributed by atoms with van der Waals surface area (Å²) in [5.74, 6) is 1.11. The third kappa shape index (κ3) is 5.51. The SMILES string of the molecule is CCOc1cc(CNc2cccc(Cl)c2C)cc(Cl)c1OCc1ccccc1Cl. The van der Waals surface area contributed by atoms with E-state index >= 15 is 0 Å². The number of hydrogen-bond acceptors (Lipinski definition) is 3. The molecule has 3 aromatic carbocycles. The van der Waals surface area contributed by atoms with Crippen LogP contribution in [0.25, 0.3) is 0 Å². The zero-order valence-electron chi connectivity index (χ0n) is 16.3. The van der Waals surface area contributed by atoms with Gasteiger partial charge in [0.25, 0.3) is 0 Å². The molecule has 3 rings (SSSR count). The minimum absolute atomic E-state index is 0.304. The molecule has 0 amide bonds. The average molecular weight is 451 g/mol. The van der Waals surface area contributed by atoms with Gasteiger partial charge in [-0.3, -0.25) is 0 Å². The smallest absolute Gasteiger partial charge is 0.180 e. The van der Waals surface area contributed by atoms with Crippen LogP contribution in [0.5, 0.6) is 11.5 Å². The maximum atomic E-state index is 6.53. The number of hydrogen-bond donors (Lipinski definition) is 1. The lowest BCUT2D eigenvalue weighted by Gasteiger charge is -2.17. The Hall–Kier alpha value is -2.07. The molecule has 152 valence electrons. The van der Waals surface area contributed by atoms with Crippen LogP contribution in [0.2, 0.25) is 15.1 Å². The van der Waals surface area contributed by atoms with Gasteiger partial charge in [-0.15, -0.1) is 0 Å². The average Bonchev–Trinajstić information content (AvgIpc) is 2.70. The molecule has 0 aromatic heterocycles. The largest absolute Gasteiger partial charge is 0.490 e. The molecule has 0 aliphatic rings. The molecule has 0 aliphatic carbocycles. The molecule has 0 radical (unpaired) electrons. The normalized spacial score (nSPS) is 10.7. The summed E-state index contributed by atoms with van der Waals surface area (Å²) >= 11 is 18.9. The van der Waals surface area contributed by atoms with Gasteiger partial charge in [0, 0.05) is 27.8 Å². The summed E-state index contributed by atoms with van der Waals surface area (Å²) in [6, 6.07) is 17.1. The second-order valence-corrected chi connectivity index (χ2v) is 7.71. The van der Waals surface area contributed by atoms with Gasteiger partial charge in [0.15, 0.2) is 11.5 Å². The lowest BCUT2D eigenvalue weighted by molar-refractivity contribution is 0.269. The van der Waals surface area contributed by atoms with E-state index in [9.17, 15) is 0 Å². The summed E-state index contributed by atoms with van der Waals surface area (Å²) in [7, 11) is 0. The van der Waals surface area contributed by atoms with Crippen molar-refractivity contribution in [2.45, 2.75) is 27.0 Å². The van der Waals surface area contributed by atoms with E-state index in [1.165, 1.54) is 0 Å². The fourth-order valence-corrected chi connectivity index (χ4v) is 3.54. The van der Waals surface area contributed by atoms with Gasteiger partial charge in [-0.1, -0.05) is 59.1 Å². The lowest BCUT2D eigenvalue weighted by atomic mass is 10.1. The van der Waals surface area contributed by atoms with E-state index in [2.05, 4.69) is 5.32 Å². The topological polar surface area (TPSA) is 30.5 Å². The van der Waals surface area contributed by atoms with Gasteiger partial charge in [0.2, 0.25) is 0 Å². The highest BCUT2D eigenvalue weighted by Crippen LogP contribution is 2.38. The first-order valence-electron chi connectivity index (χ1n) is 9.30. The maximum Gasteiger partial charge on any atom is 0.180 e. The Bertz CT molecular complexity index is 992. The number of halogens is 3. The van der Waals surface area contributed by atoms with Gasteiger partial charge < -0.3 is 14.8 Å². The molecule has 0 aliphatic heterocycles. The molecule has 0 unspecified atom stereocenters. The van der Waals surface area contributed by atoms with Crippen molar-refractivity contribution in [2.24, 2.45) is 0 Å². The molecule has 0 bridgehead atoms. The first-order valence-corrected chi connectivity index (χ1v) is 10.4. The number of ether oxygens (including phenoxy) is 2. The number of rotatable bonds is 8. The fourth-order valence-electron chi connectivity index (χ4n) is 2.89. The van der Waals surface area contributed by atoms with Crippen molar-refractivity contribution < 1.29 is 9.47 Å². The highest BCUT2D eigenvalue weighted by Gasteiger charge is 2.14. The third-order valence-corrected chi connectivity index (χ3v) is 5.51. The van der Waals surface area contributed by atoms with Crippen molar-refractivity contribution in [1.29, 1.82) is 0 Å². The molecule has 0 fully saturated rings. The molecule has 0 atom stereocenters. The molecule has 0 saturated carbocycles. The number of benzene rings is 3. The molecular weight excluding hydrogens is 429 g/mol. The van der Waals surface area contributed by atoms with Gasteiger partial charge in [-0.25, -0.2) is 0 Å². The third-order valence-electron chi connectivity index (χ3n) is 4.45. The van der Waals surface area contributed by atoms with Crippen molar-refractivity contribution in [3.63, 3.8) is 0 Å². The van der Waals surface area contributed by atoms with Crippen LogP contribution in [0.1, 0.15) is 23.6 Å². The zero-order chi connectivity index (χ0) is 20.8. The fraction of sp³-hybridized carbons (Fsp3) is 0.217. The Kier molecular flexibility index (Phi) is 7.54. The van der Waals surface area contributed by atoms with Gasteiger partial charge >= 0.3 is 0 Å². The highest BCUT2D eigenvalue weighted by atomic mass is 35.5. The van der Waals surface area contributed by atoms with Crippen molar-refractivity contribution >= 4 is 40.5 Å². The lowest BCUT2D eigenvalue weighted by Crippen LogP contribution is -2.05. The Morgan fingerprint density at radius 2 is 1.62 bits per heavy atom. The minimum atomic E-state index is 0.304. The van der Waals surface area contributed by atoms with Crippen LogP contribution in [0, 0.1) is 6.92 Å². The van der Waals surface area contributed by atoms with Crippen LogP contribution in [0.4, 0.5) is 5.69 Å². The van der Waals surface area contributed by atoms with E-state index in [-0.39, 0.29) is 0 Å². The van der Waals surface area contributed by atoms with Gasteiger partial charge in [-0.2, -0.15) is 0 Å². The summed E-state index contributed by atoms with van der Waals surface area (Å²) in [4.78, 5) is 0. The van der Waals surface area contributed by atoms with E-state index < -0.39 is 0 Å². The van der Waals surface area contributed by atoms with Crippen molar-refractivity contribution in [1.82, 2.24) is 0 Å². The molecule has 1 N–H and O–H groups in total. The first-order chi connectivity index (χ1) is 14.0. The maximum absolute atomic E-state index is 6.53. The Balaban J connectivity index is 1.78. The molecule has 0 spiro atoms. The van der Waals surface area contributed by atoms with Crippen molar-refractivity contribution in [3.8, 4) is 11.5 Å². The molecule has 29 heavy (non-hydrogen) atoms. The Morgan fingerprint density at radius 1 is 0.862 bits per heavy atom. The van der Waals surface area contributed by atoms with Crippen LogP contribution in [-0.4, -0.2) is 6.61 Å². The molecule has 0 heterocycles. The van der Waals surface area contributed by atoms with Crippen molar-refractivity contribution in [3.05, 3.63) is 86.4 Å². The zero-order valence-corrected chi connectivity index (χ0v) is 18.5. The summed E-state index contributed by atoms with van der Waals surface area (Å²) in [6.45, 7) is 5.29. The second-order valence-electron chi connectivity index (χ2n) is 6.48. The molecule has 6 heteroatoms. The van der Waals surface area contributed by atoms with Gasteiger partial charge in [-0.05, 0) is 55.3 Å². The predicted octanol–water partition coefficient (Wildman–Crippen LogP) is 7.55. The summed E-state index contributed by atoms with van der Waals surface area (Å²) < 4.78 is 11.7. The monoisotopic (exact) mass is 449 g/mol. The molecule has 0 saturated heterocycles. The number of nitrogens with one attached hydrogen (secondary N) is 1. The van der Waals surface area contributed by atoms with E-state index in [4.69, 9.17) is 44.3 Å². The van der Waals surface area contributed by atoms with Crippen LogP contribution in [-0.2, 0) is 13.2 Å². The van der Waals surface area contributed by atoms with Crippen LogP contribution >= 0.6 is 34.8 Å². The van der Waals surface area contributed by atoms with Crippen molar-refractivity contribution in [2.75, 3.05) is 11.9 Å². The van der Waals surface area contributed by atoms with E-state index in [1.807, 2.05) is 68.4 Å². The summed E-state index contributed by atoms with van der Waals surface area (Å²) in [6.07, 6.45) is 0. The molecule has 3 nitrogen and oxygen atoms in total. The van der Waals surface area contributed by atoms with Crippen LogP contribution in [0.3, 0.4) is 0 Å². The Morgan fingerprint density at radius 3 is 2.38 bits per heavy atom. The van der Waals surface area contributed by atoms with Gasteiger partial charge in [0.1, 0.15) is 6.61 Å². The van der Waals surface area contributed by atoms with E-state index in [0.717, 1.165) is 27.4 Å². The standard InChI is InChI=1S/C23H22Cl3NO2/c1-3-28-22-12-16(13-27-21-10-6-9-18(24)15(21)2)11-20(26)23(22)29-14-17-7-4-5-8-19(17)25/h4-12,27H,3,13-14H2,1-2H3. The van der Waals surface area contributed by atoms with Crippen LogP contribution in [0.15, 0.2) is 54.6 Å². The summed E-state index contributed by atoms with van der Waals surface area (Å²) in [5, 5.41) is 5.26. The molecular formula is C23H22Cl3NO2. The molecule has 3 aromatic rings. The Labute approximate surface area is 186 Å².